The Bertz CT molecular complexity index is 1400. The van der Waals surface area contributed by atoms with E-state index in [4.69, 9.17) is 58.8 Å². The zero-order valence-electron chi connectivity index (χ0n) is 34.2. The van der Waals surface area contributed by atoms with Crippen LogP contribution in [-0.2, 0) is 47.4 Å². The normalized spacial score (nSPS) is 52.9. The predicted molar refractivity (Wildman–Crippen MR) is 189 cm³/mol. The number of ether oxygens (including phenoxy) is 10. The molecule has 24 nitrogen and oxygen atoms in total. The zero-order chi connectivity index (χ0) is 43.6. The molecule has 0 bridgehead atoms. The third-order valence-corrected chi connectivity index (χ3v) is 11.7. The summed E-state index contributed by atoms with van der Waals surface area (Å²) in [7, 11) is 0. The number of aliphatic hydroxyl groups excluding tert-OH is 12. The summed E-state index contributed by atoms with van der Waals surface area (Å²) in [6, 6.07) is -2.88. The smallest absolute Gasteiger partial charge is 0.208 e. The molecule has 0 saturated carbocycles. The summed E-state index contributed by atoms with van der Waals surface area (Å²) in [5, 5.41) is 128. The standard InChI is InChI=1S/C35H60N2O22.2Ac/c1-9-17(40)22(45)25(48)29(51-9)35(59-33-28(24(47)19(42)12(7-39)54-33)56-32-26(49)23(46)18(41)10(2)52-32)14-11(6-38)53-30(16(37)27(14)57-35)50-8-13-20(43)21(44)15(36)31(55-13)58-34(3,4)5;;/h9-33,36-49H,6-8H2,1-5H3;;/q-2;;/t9?,10?,11?,12?,13?,14?,15?,16?,17?,18-,19?,20?,21-,22-,23?,24+,25?,26+,27+,28?,29-,30+,31-,32?,33+,35?;;/m1../s1. The van der Waals surface area contributed by atoms with Gasteiger partial charge in [0.15, 0.2) is 12.6 Å². The van der Waals surface area contributed by atoms with Crippen molar-refractivity contribution in [1.82, 2.24) is 0 Å². The topological polar surface area (TPSA) is 383 Å². The second-order valence-electron chi connectivity index (χ2n) is 17.0. The van der Waals surface area contributed by atoms with E-state index in [9.17, 15) is 61.3 Å². The monoisotopic (exact) mass is 1310 g/mol. The summed E-state index contributed by atoms with van der Waals surface area (Å²) in [6.45, 7) is 5.62. The van der Waals surface area contributed by atoms with Crippen molar-refractivity contribution in [3.05, 3.63) is 11.5 Å². The van der Waals surface area contributed by atoms with Gasteiger partial charge in [0, 0.05) is 88.1 Å². The molecule has 26 heteroatoms. The van der Waals surface area contributed by atoms with E-state index in [1.54, 1.807) is 20.8 Å². The largest absolute Gasteiger partial charge is 0.668 e. The maximum absolute atomic E-state index is 11.4. The van der Waals surface area contributed by atoms with Gasteiger partial charge in [-0.15, -0.1) is 0 Å². The van der Waals surface area contributed by atoms with Crippen LogP contribution in [0, 0.1) is 94.0 Å². The minimum atomic E-state index is -2.44. The second-order valence-corrected chi connectivity index (χ2v) is 17.0. The molecule has 0 amide bonds. The van der Waals surface area contributed by atoms with Gasteiger partial charge in [-0.1, -0.05) is 12.1 Å². The van der Waals surface area contributed by atoms with E-state index in [2.05, 4.69) is 0 Å². The number of fused-ring (bicyclic) bond motifs is 1. The van der Waals surface area contributed by atoms with Crippen molar-refractivity contribution in [3.63, 3.8) is 0 Å². The van der Waals surface area contributed by atoms with Crippen LogP contribution in [0.25, 0.3) is 11.5 Å². The Balaban J connectivity index is 0.00000410. The summed E-state index contributed by atoms with van der Waals surface area (Å²) >= 11 is 0. The van der Waals surface area contributed by atoms with Crippen molar-refractivity contribution in [1.29, 1.82) is 0 Å². The van der Waals surface area contributed by atoms with Crippen molar-refractivity contribution in [2.24, 2.45) is 5.92 Å². The van der Waals surface area contributed by atoms with Crippen molar-refractivity contribution in [2.45, 2.75) is 193 Å². The Morgan fingerprint density at radius 3 is 1.69 bits per heavy atom. The Hall–Kier alpha value is 1.92. The quantitative estimate of drug-likeness (QED) is 0.0916. The van der Waals surface area contributed by atoms with Crippen molar-refractivity contribution < 1.29 is 197 Å². The van der Waals surface area contributed by atoms with Crippen LogP contribution in [0.15, 0.2) is 0 Å². The van der Waals surface area contributed by atoms with Gasteiger partial charge in [-0.3, -0.25) is 0 Å². The second kappa shape index (κ2) is 22.1. The summed E-state index contributed by atoms with van der Waals surface area (Å²) in [5.74, 6) is -3.78. The summed E-state index contributed by atoms with van der Waals surface area (Å²) in [5.41, 5.74) is 16.6. The molecule has 6 aliphatic heterocycles. The minimum absolute atomic E-state index is 0. The molecule has 61 heavy (non-hydrogen) atoms. The molecule has 6 saturated heterocycles. The van der Waals surface area contributed by atoms with Crippen LogP contribution in [0.4, 0.5) is 0 Å². The molecule has 6 rings (SSSR count). The first-order chi connectivity index (χ1) is 27.6. The van der Waals surface area contributed by atoms with Gasteiger partial charge >= 0.3 is 0 Å². The predicted octanol–water partition coefficient (Wildman–Crippen LogP) is -5.93. The SMILES string of the molecule is CC1O[C@@H](C2(O[C@@H]3OC(CO)C(O)[C@H](O)C3OC3OC(C)[C@@H](O)C(O)[C@@H]3O)O[C@@H]3C([NH-])[C@@H](OCC4O[C@H](OC(C)(C)C)C([NH-])[C@@H](O)C4O)OC(CO)C32)C(O)[C@H](O)C1O.[Ac].[Ac]. The van der Waals surface area contributed by atoms with Gasteiger partial charge in [0.05, 0.1) is 61.9 Å². The fourth-order valence-corrected chi connectivity index (χ4v) is 8.36. The van der Waals surface area contributed by atoms with Crippen LogP contribution in [0.2, 0.25) is 0 Å². The molecular formula is C35H60Ac2N2O22-2. The van der Waals surface area contributed by atoms with E-state index in [-0.39, 0.29) is 88.1 Å². The first kappa shape index (κ1) is 55.5. The fourth-order valence-electron chi connectivity index (χ4n) is 8.36. The molecule has 6 fully saturated rings. The number of nitrogens with one attached hydrogen (secondary N) is 2. The Morgan fingerprint density at radius 2 is 1.10 bits per heavy atom. The summed E-state index contributed by atoms with van der Waals surface area (Å²) in [6.07, 6.45) is -35.9. The van der Waals surface area contributed by atoms with Crippen LogP contribution >= 0.6 is 0 Å². The summed E-state index contributed by atoms with van der Waals surface area (Å²) in [4.78, 5) is 0. The van der Waals surface area contributed by atoms with Gasteiger partial charge in [-0.25, -0.2) is 0 Å². The van der Waals surface area contributed by atoms with Crippen LogP contribution in [0.5, 0.6) is 0 Å². The van der Waals surface area contributed by atoms with Crippen molar-refractivity contribution in [3.8, 4) is 0 Å². The van der Waals surface area contributed by atoms with Gasteiger partial charge in [0.2, 0.25) is 5.79 Å². The number of rotatable bonds is 11. The molecule has 0 aliphatic carbocycles. The number of aliphatic hydroxyl groups is 12. The first-order valence-corrected chi connectivity index (χ1v) is 19.6. The third-order valence-electron chi connectivity index (χ3n) is 11.7. The van der Waals surface area contributed by atoms with Gasteiger partial charge in [0.1, 0.15) is 91.9 Å². The maximum atomic E-state index is 11.4. The molecule has 6 heterocycles. The fraction of sp³-hybridized carbons (Fsp3) is 1.00. The van der Waals surface area contributed by atoms with Crippen LogP contribution in [0.3, 0.4) is 0 Å². The average molecular weight is 1310 g/mol. The molecule has 0 aromatic heterocycles. The molecule has 6 aliphatic rings. The Morgan fingerprint density at radius 1 is 0.557 bits per heavy atom. The molecule has 2 radical (unpaired) electrons. The molecule has 0 aromatic carbocycles. The van der Waals surface area contributed by atoms with E-state index < -0.39 is 184 Å². The van der Waals surface area contributed by atoms with Crippen LogP contribution < -0.4 is 0 Å². The van der Waals surface area contributed by atoms with E-state index in [0.29, 0.717) is 0 Å². The Labute approximate surface area is 423 Å². The van der Waals surface area contributed by atoms with Crippen LogP contribution in [-0.4, -0.2) is 240 Å². The molecule has 26 atom stereocenters. The van der Waals surface area contributed by atoms with Gasteiger partial charge in [-0.05, 0) is 34.6 Å². The summed E-state index contributed by atoms with van der Waals surface area (Å²) < 4.78 is 59.3. The minimum Gasteiger partial charge on any atom is -0.668 e. The maximum Gasteiger partial charge on any atom is 0.208 e. The molecule has 16 unspecified atom stereocenters. The molecular weight excluding hydrogens is 1250 g/mol. The van der Waals surface area contributed by atoms with Crippen molar-refractivity contribution >= 4 is 0 Å². The van der Waals surface area contributed by atoms with Crippen LogP contribution in [0.1, 0.15) is 34.6 Å². The van der Waals surface area contributed by atoms with E-state index in [0.717, 1.165) is 0 Å². The van der Waals surface area contributed by atoms with E-state index >= 15 is 0 Å². The third kappa shape index (κ3) is 11.0. The Kier molecular flexibility index (Phi) is 20.1. The van der Waals surface area contributed by atoms with Crippen molar-refractivity contribution in [2.75, 3.05) is 19.8 Å². The molecule has 350 valence electrons. The molecule has 0 aromatic rings. The average Bonchev–Trinajstić information content (AvgIpc) is 3.18. The number of hydrogen-bond donors (Lipinski definition) is 12. The molecule has 14 N–H and O–H groups in total. The van der Waals surface area contributed by atoms with Gasteiger partial charge in [0.25, 0.3) is 0 Å². The molecule has 0 spiro atoms. The van der Waals surface area contributed by atoms with Gasteiger partial charge < -0.3 is 120 Å². The number of hydrogen-bond acceptors (Lipinski definition) is 22. The first-order valence-electron chi connectivity index (χ1n) is 19.6. The van der Waals surface area contributed by atoms with E-state index in [1.165, 1.54) is 13.8 Å². The zero-order valence-corrected chi connectivity index (χ0v) is 43.6. The van der Waals surface area contributed by atoms with Gasteiger partial charge in [-0.2, -0.15) is 0 Å². The van der Waals surface area contributed by atoms with E-state index in [1.807, 2.05) is 0 Å².